The maximum absolute atomic E-state index is 12.8. The molecule has 78 heavy (non-hydrogen) atoms. The Kier molecular flexibility index (Phi) is 18.9. The first-order valence-corrected chi connectivity index (χ1v) is 30.9. The van der Waals surface area contributed by atoms with Gasteiger partial charge in [0.15, 0.2) is 0 Å². The number of methoxy groups -OCH3 is 1. The minimum atomic E-state index is -3.52. The second-order valence-electron chi connectivity index (χ2n) is 20.2. The van der Waals surface area contributed by atoms with Crippen molar-refractivity contribution in [2.24, 2.45) is 0 Å². The quantitative estimate of drug-likeness (QED) is 0.100. The first-order chi connectivity index (χ1) is 37.8. The number of carbonyl (C=O) groups is 2. The fraction of sp³-hybridized carbons (Fsp3) is 0.414. The summed E-state index contributed by atoms with van der Waals surface area (Å²) in [5.41, 5.74) is 8.92. The zero-order valence-electron chi connectivity index (χ0n) is 44.9. The molecular weight excluding hydrogens is 1040 g/mol. The molecule has 7 heterocycles. The Bertz CT molecular complexity index is 3190. The number of nitrogens with zero attached hydrogens (tertiary/aromatic N) is 8. The zero-order valence-corrected chi connectivity index (χ0v) is 47.3. The summed E-state index contributed by atoms with van der Waals surface area (Å²) in [6.45, 7) is 12.2. The number of rotatable bonds is 16. The first-order valence-electron chi connectivity index (χ1n) is 27.1. The molecule has 2 atom stereocenters. The Morgan fingerprint density at radius 3 is 1.81 bits per heavy atom. The molecule has 2 saturated heterocycles. The van der Waals surface area contributed by atoms with Crippen LogP contribution in [-0.4, -0.2) is 150 Å². The number of hydrogen-bond acceptors (Lipinski definition) is 13. The second kappa shape index (κ2) is 26.1. The second-order valence-corrected chi connectivity index (χ2v) is 24.8. The van der Waals surface area contributed by atoms with Crippen molar-refractivity contribution in [2.75, 3.05) is 100 Å². The number of thiazole rings is 1. The third kappa shape index (κ3) is 13.8. The number of ether oxygens (including phenoxy) is 1. The maximum atomic E-state index is 12.8. The van der Waals surface area contributed by atoms with E-state index in [0.29, 0.717) is 76.8 Å². The number of carbonyl (C=O) groups excluding carboxylic acids is 2. The maximum Gasteiger partial charge on any atom is 0.282 e. The van der Waals surface area contributed by atoms with Crippen molar-refractivity contribution in [3.05, 3.63) is 149 Å². The molecule has 0 radical (unpaired) electrons. The molecule has 6 aromatic rings. The highest BCUT2D eigenvalue weighted by Crippen LogP contribution is 2.32. The predicted molar refractivity (Wildman–Crippen MR) is 309 cm³/mol. The molecule has 414 valence electrons. The molecule has 0 bridgehead atoms. The fourth-order valence-electron chi connectivity index (χ4n) is 10.7. The number of sulfonamides is 1. The number of amides is 2. The largest absolute Gasteiger partial charge is 0.497 e. The third-order valence-electron chi connectivity index (χ3n) is 15.2. The summed E-state index contributed by atoms with van der Waals surface area (Å²) in [4.78, 5) is 42.6. The van der Waals surface area contributed by atoms with Gasteiger partial charge in [-0.2, -0.15) is 17.0 Å². The van der Waals surface area contributed by atoms with Crippen LogP contribution >= 0.6 is 11.3 Å². The third-order valence-corrected chi connectivity index (χ3v) is 19.6. The Hall–Kier alpha value is -6.26. The number of fused-ring (bicyclic) bond motifs is 3. The van der Waals surface area contributed by atoms with E-state index in [4.69, 9.17) is 4.74 Å². The van der Waals surface area contributed by atoms with Crippen LogP contribution in [0, 0.1) is 0 Å². The summed E-state index contributed by atoms with van der Waals surface area (Å²) in [6, 6.07) is 35.4. The molecule has 2 fully saturated rings. The van der Waals surface area contributed by atoms with Crippen molar-refractivity contribution < 1.29 is 31.2 Å². The summed E-state index contributed by atoms with van der Waals surface area (Å²) in [6.07, 6.45) is 9.97. The smallest absolute Gasteiger partial charge is 0.282 e. The van der Waals surface area contributed by atoms with Crippen molar-refractivity contribution in [1.82, 2.24) is 33.5 Å². The predicted octanol–water partition coefficient (Wildman–Crippen LogP) is 7.12. The Morgan fingerprint density at radius 1 is 0.641 bits per heavy atom. The number of benzene rings is 4. The molecule has 2 amide bonds. The molecule has 4 aromatic carbocycles. The number of piperazine rings is 1. The van der Waals surface area contributed by atoms with Gasteiger partial charge in [-0.25, -0.2) is 18.1 Å². The molecular formula is C58H72N10O7S3. The lowest BCUT2D eigenvalue weighted by atomic mass is 10.2. The summed E-state index contributed by atoms with van der Waals surface area (Å²) < 4.78 is 61.4. The number of piperidine rings is 1. The fourth-order valence-corrected chi connectivity index (χ4v) is 14.3. The molecule has 0 saturated carbocycles. The molecule has 11 rings (SSSR count). The van der Waals surface area contributed by atoms with E-state index in [0.717, 1.165) is 74.4 Å². The molecule has 0 aliphatic carbocycles. The van der Waals surface area contributed by atoms with Crippen molar-refractivity contribution in [2.45, 2.75) is 75.8 Å². The Morgan fingerprint density at radius 2 is 1.19 bits per heavy atom. The van der Waals surface area contributed by atoms with E-state index in [1.54, 1.807) is 57.8 Å². The molecule has 2 unspecified atom stereocenters. The Balaban J connectivity index is 0.000000143. The number of para-hydroxylation sites is 3. The van der Waals surface area contributed by atoms with Gasteiger partial charge in [0.05, 0.1) is 12.0 Å². The molecule has 5 aliphatic heterocycles. The van der Waals surface area contributed by atoms with Gasteiger partial charge >= 0.3 is 0 Å². The number of anilines is 3. The average Bonchev–Trinajstić information content (AvgIpc) is 4.35. The number of hydrogen-bond donors (Lipinski definition) is 2. The average molecular weight is 1120 g/mol. The highest BCUT2D eigenvalue weighted by Gasteiger charge is 2.34. The van der Waals surface area contributed by atoms with E-state index in [9.17, 15) is 26.4 Å². The lowest BCUT2D eigenvalue weighted by molar-refractivity contribution is -0.118. The lowest BCUT2D eigenvalue weighted by Crippen LogP contribution is -2.54. The highest BCUT2D eigenvalue weighted by atomic mass is 32.2. The van der Waals surface area contributed by atoms with Gasteiger partial charge in [-0.3, -0.25) is 14.6 Å². The summed E-state index contributed by atoms with van der Waals surface area (Å²) in [7, 11) is -5.29. The van der Waals surface area contributed by atoms with E-state index in [-0.39, 0.29) is 28.8 Å². The van der Waals surface area contributed by atoms with E-state index in [1.807, 2.05) is 54.3 Å². The zero-order chi connectivity index (χ0) is 54.7. The van der Waals surface area contributed by atoms with Gasteiger partial charge in [-0.15, -0.1) is 11.3 Å². The highest BCUT2D eigenvalue weighted by molar-refractivity contribution is 7.89. The minimum absolute atomic E-state index is 0.0849. The normalized spacial score (nSPS) is 17.4. The number of nitrogens with one attached hydrogen (secondary N) is 2. The van der Waals surface area contributed by atoms with Crippen LogP contribution in [0.3, 0.4) is 0 Å². The summed E-state index contributed by atoms with van der Waals surface area (Å²) in [5.74, 6) is 0.671. The molecule has 2 aromatic heterocycles. The lowest BCUT2D eigenvalue weighted by Gasteiger charge is -2.37. The molecule has 0 spiro atoms. The number of pyridine rings is 1. The molecule has 5 aliphatic rings. The van der Waals surface area contributed by atoms with E-state index >= 15 is 0 Å². The standard InChI is InChI=1S/C20H30N4O3S.C20H20N4OS.C18H22N2O3S/c25-20(24-13-8-18-6-2-3-7-19(18)24)9-12-21-14-16-23(17-15-21)28(26,27)22-10-4-1-5-11-22;1-14(24-11-8-15-4-2-3-5-18(15)24)12-22-19(25)17-13-26-20(23-17)16-6-9-21-10-7-16;1-14(20-12-11-15-5-3-4-6-18(15)20)13-19-24(21,22)17-9-7-16(23-2)8-10-17/h2-3,6-7H,1,4-5,8-17H2;2-7,9-10,13-14H,8,11-12H2,1H3,(H,22,25);3-10,14,19H,11-13H2,1-2H3. The van der Waals surface area contributed by atoms with Crippen LogP contribution in [0.2, 0.25) is 0 Å². The van der Waals surface area contributed by atoms with Gasteiger partial charge in [0.2, 0.25) is 15.9 Å². The van der Waals surface area contributed by atoms with E-state index < -0.39 is 20.2 Å². The van der Waals surface area contributed by atoms with Gasteiger partial charge in [-0.05, 0) is 117 Å². The van der Waals surface area contributed by atoms with Crippen LogP contribution < -0.4 is 29.5 Å². The Labute approximate surface area is 464 Å². The summed E-state index contributed by atoms with van der Waals surface area (Å²) >= 11 is 1.47. The van der Waals surface area contributed by atoms with Crippen molar-refractivity contribution >= 4 is 60.4 Å². The van der Waals surface area contributed by atoms with Gasteiger partial charge in [-0.1, -0.05) is 61.0 Å². The van der Waals surface area contributed by atoms with Crippen molar-refractivity contribution in [3.63, 3.8) is 0 Å². The first kappa shape index (κ1) is 56.5. The molecule has 17 nitrogen and oxygen atoms in total. The van der Waals surface area contributed by atoms with Crippen molar-refractivity contribution in [1.29, 1.82) is 0 Å². The molecule has 20 heteroatoms. The topological polar surface area (TPSA) is 181 Å². The minimum Gasteiger partial charge on any atom is -0.497 e. The van der Waals surface area contributed by atoms with Gasteiger partial charge in [0, 0.05) is 137 Å². The van der Waals surface area contributed by atoms with Gasteiger partial charge < -0.3 is 29.7 Å². The van der Waals surface area contributed by atoms with Crippen LogP contribution in [0.15, 0.2) is 132 Å². The molecule has 2 N–H and O–H groups in total. The van der Waals surface area contributed by atoms with Crippen LogP contribution in [0.25, 0.3) is 10.6 Å². The van der Waals surface area contributed by atoms with Crippen LogP contribution in [-0.2, 0) is 44.3 Å². The van der Waals surface area contributed by atoms with Crippen LogP contribution in [0.5, 0.6) is 5.75 Å². The summed E-state index contributed by atoms with van der Waals surface area (Å²) in [5, 5.41) is 5.66. The van der Waals surface area contributed by atoms with E-state index in [1.165, 1.54) is 39.4 Å². The SMILES string of the molecule is CC(CNC(=O)c1csc(-c2ccncc2)n1)N1CCc2ccccc21.COc1ccc(S(=O)(=O)NCC(C)N2CCc3ccccc32)cc1.O=C(CCN1CCN(S(=O)(=O)N2CCCCC2)CC1)N1CCc2ccccc21. The van der Waals surface area contributed by atoms with Crippen molar-refractivity contribution in [3.8, 4) is 16.3 Å². The monoisotopic (exact) mass is 1120 g/mol. The van der Waals surface area contributed by atoms with Gasteiger partial charge in [0.25, 0.3) is 16.1 Å². The van der Waals surface area contributed by atoms with Gasteiger partial charge in [0.1, 0.15) is 16.5 Å². The number of aromatic nitrogens is 2. The van der Waals surface area contributed by atoms with Crippen LogP contribution in [0.1, 0.15) is 66.7 Å². The van der Waals surface area contributed by atoms with E-state index in [2.05, 4.69) is 84.1 Å². The van der Waals surface area contributed by atoms with Crippen LogP contribution in [0.4, 0.5) is 17.1 Å².